The van der Waals surface area contributed by atoms with Crippen molar-refractivity contribution < 1.29 is 14.6 Å². The number of likely N-dealkylation sites (N-methyl/N-ethyl adjacent to an activating group) is 1. The zero-order valence-corrected chi connectivity index (χ0v) is 14.7. The van der Waals surface area contributed by atoms with Gasteiger partial charge in [-0.3, -0.25) is 9.79 Å². The van der Waals surface area contributed by atoms with Crippen molar-refractivity contribution in [1.82, 2.24) is 4.90 Å². The minimum Gasteiger partial charge on any atom is -0.297 e. The molecule has 0 radical (unpaired) electrons. The van der Waals surface area contributed by atoms with E-state index in [2.05, 4.69) is 24.3 Å². The van der Waals surface area contributed by atoms with Crippen LogP contribution >= 0.6 is 0 Å². The molecule has 128 valence electrons. The Labute approximate surface area is 143 Å². The van der Waals surface area contributed by atoms with Crippen LogP contribution in [0.5, 0.6) is 0 Å². The summed E-state index contributed by atoms with van der Waals surface area (Å²) in [4.78, 5) is 24.1. The fraction of sp³-hybridized carbons (Fsp3) is 0.350. The lowest BCUT2D eigenvalue weighted by atomic mass is 9.80. The molecule has 1 unspecified atom stereocenters. The molecular weight excluding hydrogens is 302 g/mol. The second-order valence-corrected chi connectivity index (χ2v) is 6.01. The van der Waals surface area contributed by atoms with E-state index in [1.165, 1.54) is 6.92 Å². The zero-order chi connectivity index (χ0) is 17.6. The Morgan fingerprint density at radius 2 is 1.46 bits per heavy atom. The van der Waals surface area contributed by atoms with Crippen molar-refractivity contribution in [1.29, 1.82) is 0 Å². The van der Waals surface area contributed by atoms with Gasteiger partial charge in [-0.25, -0.2) is 4.79 Å². The molecule has 0 bridgehead atoms. The maximum Gasteiger partial charge on any atom is 0.339 e. The first-order valence-electron chi connectivity index (χ1n) is 8.15. The van der Waals surface area contributed by atoms with E-state index >= 15 is 0 Å². The van der Waals surface area contributed by atoms with Crippen LogP contribution in [-0.4, -0.2) is 30.7 Å². The van der Waals surface area contributed by atoms with Crippen LogP contribution < -0.4 is 0 Å². The summed E-state index contributed by atoms with van der Waals surface area (Å²) in [5, 5.41) is 0. The third kappa shape index (κ3) is 3.83. The second-order valence-electron chi connectivity index (χ2n) is 6.01. The molecule has 0 aliphatic carbocycles. The summed E-state index contributed by atoms with van der Waals surface area (Å²) in [5.41, 5.74) is 1.40. The highest BCUT2D eigenvalue weighted by Crippen LogP contribution is 2.41. The van der Waals surface area contributed by atoms with Crippen LogP contribution in [0.15, 0.2) is 60.7 Å². The van der Waals surface area contributed by atoms with Gasteiger partial charge in [-0.15, -0.1) is 0 Å². The quantitative estimate of drug-likeness (QED) is 0.438. The Bertz CT molecular complexity index is 603. The molecule has 0 aliphatic heterocycles. The number of benzene rings is 2. The predicted octanol–water partition coefficient (Wildman–Crippen LogP) is 3.98. The Balaban J connectivity index is 2.58. The summed E-state index contributed by atoms with van der Waals surface area (Å²) in [7, 11) is 3.87. The summed E-state index contributed by atoms with van der Waals surface area (Å²) in [6.45, 7) is 3.37. The van der Waals surface area contributed by atoms with Crippen LogP contribution in [0.1, 0.15) is 37.3 Å². The van der Waals surface area contributed by atoms with Crippen LogP contribution in [0.2, 0.25) is 0 Å². The van der Waals surface area contributed by atoms with Gasteiger partial charge in [0.15, 0.2) is 5.72 Å². The van der Waals surface area contributed by atoms with Crippen LogP contribution in [0, 0.1) is 0 Å². The van der Waals surface area contributed by atoms with Crippen molar-refractivity contribution in [2.24, 2.45) is 0 Å². The van der Waals surface area contributed by atoms with Crippen LogP contribution in [0.25, 0.3) is 0 Å². The highest BCUT2D eigenvalue weighted by molar-refractivity contribution is 5.65. The minimum atomic E-state index is -0.811. The van der Waals surface area contributed by atoms with Gasteiger partial charge in [0.2, 0.25) is 0 Å². The molecule has 0 aliphatic rings. The van der Waals surface area contributed by atoms with Gasteiger partial charge in [0.05, 0.1) is 5.92 Å². The molecule has 0 heterocycles. The minimum absolute atomic E-state index is 0.112. The lowest BCUT2D eigenvalue weighted by Gasteiger charge is -2.43. The van der Waals surface area contributed by atoms with Gasteiger partial charge in [-0.2, -0.15) is 4.89 Å². The van der Waals surface area contributed by atoms with Crippen LogP contribution in [-0.2, 0) is 14.6 Å². The van der Waals surface area contributed by atoms with Crippen molar-refractivity contribution in [3.63, 3.8) is 0 Å². The lowest BCUT2D eigenvalue weighted by molar-refractivity contribution is -0.368. The molecule has 1 atom stereocenters. The summed E-state index contributed by atoms with van der Waals surface area (Å²) >= 11 is 0. The molecule has 2 aromatic carbocycles. The van der Waals surface area contributed by atoms with Gasteiger partial charge in [-0.1, -0.05) is 67.6 Å². The first kappa shape index (κ1) is 18.2. The SMILES string of the molecule is CCC(OOC(C)=O)(C(c1ccccc1)c1ccccc1)N(C)C. The van der Waals surface area contributed by atoms with E-state index < -0.39 is 11.7 Å². The average molecular weight is 327 g/mol. The van der Waals surface area contributed by atoms with Crippen LogP contribution in [0.4, 0.5) is 0 Å². The average Bonchev–Trinajstić information content (AvgIpc) is 2.59. The van der Waals surface area contributed by atoms with E-state index in [1.807, 2.05) is 62.3 Å². The van der Waals surface area contributed by atoms with E-state index in [9.17, 15) is 4.79 Å². The fourth-order valence-electron chi connectivity index (χ4n) is 3.10. The first-order chi connectivity index (χ1) is 11.5. The van der Waals surface area contributed by atoms with Crippen molar-refractivity contribution in [3.05, 3.63) is 71.8 Å². The van der Waals surface area contributed by atoms with E-state index in [4.69, 9.17) is 9.78 Å². The molecule has 0 aromatic heterocycles. The number of carbonyl (C=O) groups is 1. The Kier molecular flexibility index (Phi) is 6.12. The molecule has 2 rings (SSSR count). The number of hydrogen-bond donors (Lipinski definition) is 0. The standard InChI is InChI=1S/C20H25NO3/c1-5-20(21(3)4,24-23-16(2)22)19(17-12-8-6-9-13-17)18-14-10-7-11-15-18/h6-15,19H,5H2,1-4H3. The Hall–Kier alpha value is -2.17. The zero-order valence-electron chi connectivity index (χ0n) is 14.7. The highest BCUT2D eigenvalue weighted by Gasteiger charge is 2.45. The van der Waals surface area contributed by atoms with E-state index in [-0.39, 0.29) is 5.92 Å². The third-order valence-electron chi connectivity index (χ3n) is 4.28. The second kappa shape index (κ2) is 8.08. The number of carbonyl (C=O) groups excluding carboxylic acids is 1. The number of rotatable bonds is 7. The van der Waals surface area contributed by atoms with Gasteiger partial charge in [0.25, 0.3) is 0 Å². The summed E-state index contributed by atoms with van der Waals surface area (Å²) in [6, 6.07) is 20.3. The topological polar surface area (TPSA) is 38.8 Å². The third-order valence-corrected chi connectivity index (χ3v) is 4.28. The molecule has 0 saturated carbocycles. The molecule has 0 saturated heterocycles. The van der Waals surface area contributed by atoms with Crippen molar-refractivity contribution >= 4 is 5.97 Å². The van der Waals surface area contributed by atoms with Crippen molar-refractivity contribution in [2.45, 2.75) is 31.9 Å². The highest BCUT2D eigenvalue weighted by atomic mass is 17.2. The van der Waals surface area contributed by atoms with Gasteiger partial charge in [0, 0.05) is 6.92 Å². The molecule has 0 N–H and O–H groups in total. The molecular formula is C20H25NO3. The Morgan fingerprint density at radius 3 is 1.79 bits per heavy atom. The van der Waals surface area contributed by atoms with Crippen molar-refractivity contribution in [3.8, 4) is 0 Å². The van der Waals surface area contributed by atoms with Gasteiger partial charge in [0.1, 0.15) is 0 Å². The lowest BCUT2D eigenvalue weighted by Crippen LogP contribution is -2.51. The van der Waals surface area contributed by atoms with E-state index in [0.29, 0.717) is 6.42 Å². The molecule has 2 aromatic rings. The molecule has 0 amide bonds. The predicted molar refractivity (Wildman–Crippen MR) is 94.3 cm³/mol. The molecule has 4 heteroatoms. The Morgan fingerprint density at radius 1 is 1.00 bits per heavy atom. The van der Waals surface area contributed by atoms with E-state index in [0.717, 1.165) is 11.1 Å². The molecule has 0 spiro atoms. The monoisotopic (exact) mass is 327 g/mol. The normalized spacial score (nSPS) is 13.8. The molecule has 0 fully saturated rings. The summed E-state index contributed by atoms with van der Waals surface area (Å²) in [6.07, 6.45) is 0.641. The van der Waals surface area contributed by atoms with E-state index in [1.54, 1.807) is 0 Å². The number of hydrogen-bond acceptors (Lipinski definition) is 4. The van der Waals surface area contributed by atoms with Crippen LogP contribution in [0.3, 0.4) is 0 Å². The molecule has 4 nitrogen and oxygen atoms in total. The largest absolute Gasteiger partial charge is 0.339 e. The smallest absolute Gasteiger partial charge is 0.297 e. The maximum absolute atomic E-state index is 11.4. The fourth-order valence-corrected chi connectivity index (χ4v) is 3.10. The van der Waals surface area contributed by atoms with Gasteiger partial charge < -0.3 is 0 Å². The maximum atomic E-state index is 11.4. The summed E-state index contributed by atoms with van der Waals surface area (Å²) < 4.78 is 0. The summed E-state index contributed by atoms with van der Waals surface area (Å²) in [5.74, 6) is -0.575. The van der Waals surface area contributed by atoms with Gasteiger partial charge in [-0.05, 0) is 31.6 Å². The first-order valence-corrected chi connectivity index (χ1v) is 8.15. The number of nitrogens with zero attached hydrogens (tertiary/aromatic N) is 1. The van der Waals surface area contributed by atoms with Crippen molar-refractivity contribution in [2.75, 3.05) is 14.1 Å². The molecule has 24 heavy (non-hydrogen) atoms. The van der Waals surface area contributed by atoms with Gasteiger partial charge >= 0.3 is 5.97 Å².